The quantitative estimate of drug-likeness (QED) is 0.469. The number of fused-ring (bicyclic) bond motifs is 1. The van der Waals surface area contributed by atoms with Gasteiger partial charge in [-0.15, -0.1) is 0 Å². The maximum atomic E-state index is 14.6. The summed E-state index contributed by atoms with van der Waals surface area (Å²) in [5.41, 5.74) is 0.304. The first-order chi connectivity index (χ1) is 15.0. The number of hydrogen-bond donors (Lipinski definition) is 1. The van der Waals surface area contributed by atoms with E-state index >= 15 is 0 Å². The summed E-state index contributed by atoms with van der Waals surface area (Å²) in [4.78, 5) is 25.5. The molecule has 8 nitrogen and oxygen atoms in total. The minimum atomic E-state index is -4.08. The molecule has 1 aliphatic carbocycles. The van der Waals surface area contributed by atoms with E-state index in [1.54, 1.807) is 32.1 Å². The summed E-state index contributed by atoms with van der Waals surface area (Å²) in [7, 11) is -4.08. The van der Waals surface area contributed by atoms with Crippen LogP contribution in [0.25, 0.3) is 16.5 Å². The van der Waals surface area contributed by atoms with Crippen LogP contribution in [-0.4, -0.2) is 27.0 Å². The zero-order valence-corrected chi connectivity index (χ0v) is 18.4. The fourth-order valence-electron chi connectivity index (χ4n) is 3.97. The molecular weight excluding hydrogens is 437 g/mol. The number of nitrogens with one attached hydrogen (secondary N) is 1. The van der Waals surface area contributed by atoms with Crippen molar-refractivity contribution in [2.75, 3.05) is 0 Å². The van der Waals surface area contributed by atoms with E-state index in [-0.39, 0.29) is 28.8 Å². The van der Waals surface area contributed by atoms with Crippen LogP contribution in [0.1, 0.15) is 31.4 Å². The molecule has 3 aromatic rings. The lowest BCUT2D eigenvalue weighted by molar-refractivity contribution is -0.385. The minimum Gasteiger partial charge on any atom is -0.327 e. The molecule has 0 bridgehead atoms. The Morgan fingerprint density at radius 2 is 1.97 bits per heavy atom. The molecule has 32 heavy (non-hydrogen) atoms. The number of nitro benzene ring substituents is 1. The maximum absolute atomic E-state index is 14.6. The van der Waals surface area contributed by atoms with E-state index < -0.39 is 31.1 Å². The molecule has 0 fully saturated rings. The fraction of sp³-hybridized carbons (Fsp3) is 0.227. The number of rotatable bonds is 4. The molecule has 10 heteroatoms. The van der Waals surface area contributed by atoms with Gasteiger partial charge in [0.15, 0.2) is 0 Å². The number of hydrogen-bond acceptors (Lipinski definition) is 5. The molecule has 0 amide bonds. The average Bonchev–Trinajstić information content (AvgIpc) is 3.16. The molecule has 4 rings (SSSR count). The second-order valence-corrected chi connectivity index (χ2v) is 10.3. The SMILES string of the molecule is CC1=CC(c2cc([N+](=O)[O-])c(C)cc2F)=CCC1(C)S(=O)(=O)n1ccc2cc[nH]c(=O)c21. The van der Waals surface area contributed by atoms with Crippen molar-refractivity contribution in [3.8, 4) is 0 Å². The van der Waals surface area contributed by atoms with Crippen LogP contribution in [0.3, 0.4) is 0 Å². The highest BCUT2D eigenvalue weighted by Crippen LogP contribution is 2.40. The first-order valence-corrected chi connectivity index (χ1v) is 11.2. The van der Waals surface area contributed by atoms with Gasteiger partial charge in [0.25, 0.3) is 11.2 Å². The molecule has 1 N–H and O–H groups in total. The lowest BCUT2D eigenvalue weighted by atomic mass is 9.87. The topological polar surface area (TPSA) is 115 Å². The highest BCUT2D eigenvalue weighted by atomic mass is 32.2. The number of aromatic amines is 1. The van der Waals surface area contributed by atoms with Crippen LogP contribution in [-0.2, 0) is 10.0 Å². The highest BCUT2D eigenvalue weighted by molar-refractivity contribution is 7.91. The summed E-state index contributed by atoms with van der Waals surface area (Å²) in [5, 5.41) is 11.8. The Morgan fingerprint density at radius 1 is 1.25 bits per heavy atom. The number of aryl methyl sites for hydroxylation is 1. The first-order valence-electron chi connectivity index (χ1n) is 9.75. The molecule has 2 aromatic heterocycles. The second-order valence-electron chi connectivity index (χ2n) is 8.02. The van der Waals surface area contributed by atoms with E-state index in [0.29, 0.717) is 16.5 Å². The van der Waals surface area contributed by atoms with Gasteiger partial charge in [-0.25, -0.2) is 16.8 Å². The van der Waals surface area contributed by atoms with E-state index in [4.69, 9.17) is 0 Å². The van der Waals surface area contributed by atoms with E-state index in [1.165, 1.54) is 25.4 Å². The number of nitro groups is 1. The van der Waals surface area contributed by atoms with Crippen LogP contribution >= 0.6 is 0 Å². The Bertz CT molecular complexity index is 1510. The van der Waals surface area contributed by atoms with Crippen LogP contribution in [0.5, 0.6) is 0 Å². The molecule has 0 saturated heterocycles. The summed E-state index contributed by atoms with van der Waals surface area (Å²) in [6.07, 6.45) is 5.86. The molecule has 0 radical (unpaired) electrons. The van der Waals surface area contributed by atoms with Gasteiger partial charge in [-0.3, -0.25) is 14.9 Å². The predicted molar refractivity (Wildman–Crippen MR) is 119 cm³/mol. The van der Waals surface area contributed by atoms with E-state index in [1.807, 2.05) is 0 Å². The molecule has 166 valence electrons. The third kappa shape index (κ3) is 3.10. The van der Waals surface area contributed by atoms with Crippen molar-refractivity contribution in [3.05, 3.63) is 91.8 Å². The summed E-state index contributed by atoms with van der Waals surface area (Å²) in [5.74, 6) is -0.627. The zero-order chi connectivity index (χ0) is 23.4. The second kappa shape index (κ2) is 7.27. The Morgan fingerprint density at radius 3 is 2.62 bits per heavy atom. The molecule has 1 unspecified atom stereocenters. The average molecular weight is 457 g/mol. The number of H-pyrrole nitrogens is 1. The Hall–Kier alpha value is -3.53. The van der Waals surface area contributed by atoms with Crippen LogP contribution in [0.15, 0.2) is 59.2 Å². The molecule has 0 aliphatic heterocycles. The summed E-state index contributed by atoms with van der Waals surface area (Å²) in [6, 6.07) is 5.42. The number of benzene rings is 1. The van der Waals surface area contributed by atoms with Gasteiger partial charge in [0, 0.05) is 35.0 Å². The first kappa shape index (κ1) is 21.7. The molecule has 1 atom stereocenters. The normalized spacial score (nSPS) is 19.0. The largest absolute Gasteiger partial charge is 0.327 e. The molecule has 1 aromatic carbocycles. The van der Waals surface area contributed by atoms with E-state index in [2.05, 4.69) is 4.98 Å². The van der Waals surface area contributed by atoms with Gasteiger partial charge in [-0.1, -0.05) is 12.2 Å². The van der Waals surface area contributed by atoms with Gasteiger partial charge in [0.1, 0.15) is 16.1 Å². The molecule has 2 heterocycles. The maximum Gasteiger partial charge on any atom is 0.273 e. The van der Waals surface area contributed by atoms with Crippen LogP contribution in [0.2, 0.25) is 0 Å². The van der Waals surface area contributed by atoms with Crippen molar-refractivity contribution in [3.63, 3.8) is 0 Å². The molecule has 0 spiro atoms. The van der Waals surface area contributed by atoms with Gasteiger partial charge < -0.3 is 4.98 Å². The Labute approximate surface area is 182 Å². The zero-order valence-electron chi connectivity index (χ0n) is 17.5. The van der Waals surface area contributed by atoms with Crippen molar-refractivity contribution in [2.45, 2.75) is 31.9 Å². The van der Waals surface area contributed by atoms with Crippen molar-refractivity contribution in [1.82, 2.24) is 8.96 Å². The highest BCUT2D eigenvalue weighted by Gasteiger charge is 2.43. The molecule has 1 aliphatic rings. The number of aromatic nitrogens is 2. The number of halogens is 1. The van der Waals surface area contributed by atoms with E-state index in [0.717, 1.165) is 16.1 Å². The van der Waals surface area contributed by atoms with Crippen LogP contribution in [0.4, 0.5) is 10.1 Å². The van der Waals surface area contributed by atoms with Gasteiger partial charge >= 0.3 is 0 Å². The minimum absolute atomic E-state index is 0.00146. The number of pyridine rings is 1. The predicted octanol–water partition coefficient (Wildman–Crippen LogP) is 4.06. The molecular formula is C22H20FN3O5S. The van der Waals surface area contributed by atoms with Crippen molar-refractivity contribution >= 4 is 32.2 Å². The lowest BCUT2D eigenvalue weighted by Gasteiger charge is -2.33. The van der Waals surface area contributed by atoms with Crippen molar-refractivity contribution in [1.29, 1.82) is 0 Å². The Kier molecular flexibility index (Phi) is 4.93. The fourth-order valence-corrected chi connectivity index (χ4v) is 5.82. The van der Waals surface area contributed by atoms with Crippen molar-refractivity contribution in [2.24, 2.45) is 0 Å². The van der Waals surface area contributed by atoms with Gasteiger partial charge in [0.2, 0.25) is 10.0 Å². The van der Waals surface area contributed by atoms with Crippen LogP contribution in [0, 0.1) is 22.9 Å². The number of allylic oxidation sites excluding steroid dienone is 3. The van der Waals surface area contributed by atoms with Gasteiger partial charge in [-0.2, -0.15) is 0 Å². The smallest absolute Gasteiger partial charge is 0.273 e. The van der Waals surface area contributed by atoms with E-state index in [9.17, 15) is 27.7 Å². The third-order valence-electron chi connectivity index (χ3n) is 6.11. The summed E-state index contributed by atoms with van der Waals surface area (Å²) in [6.45, 7) is 4.60. The summed E-state index contributed by atoms with van der Waals surface area (Å²) >= 11 is 0. The standard InChI is InChI=1S/C22H20FN3O5S/c1-13-10-18(23)17(12-19(13)26(28)29)16-4-7-22(3,14(2)11-16)32(30,31)25-9-6-15-5-8-24-21(27)20(15)25/h4-6,8-12H,7H2,1-3H3,(H,24,27). The Balaban J connectivity index is 1.81. The van der Waals surface area contributed by atoms with Gasteiger partial charge in [-0.05, 0) is 56.5 Å². The van der Waals surface area contributed by atoms with Gasteiger partial charge in [0.05, 0.1) is 4.92 Å². The third-order valence-corrected chi connectivity index (χ3v) is 8.56. The number of nitrogens with zero attached hydrogens (tertiary/aromatic N) is 2. The molecule has 0 saturated carbocycles. The lowest BCUT2D eigenvalue weighted by Crippen LogP contribution is -2.41. The summed E-state index contributed by atoms with van der Waals surface area (Å²) < 4.78 is 41.4. The van der Waals surface area contributed by atoms with Crippen LogP contribution < -0.4 is 5.56 Å². The van der Waals surface area contributed by atoms with Crippen molar-refractivity contribution < 1.29 is 17.7 Å². The monoisotopic (exact) mass is 457 g/mol.